The summed E-state index contributed by atoms with van der Waals surface area (Å²) in [7, 11) is 0. The molecule has 1 rings (SSSR count). The number of nitrogens with zero attached hydrogens (tertiary/aromatic N) is 1. The van der Waals surface area contributed by atoms with Gasteiger partial charge in [-0.25, -0.2) is 0 Å². The zero-order valence-electron chi connectivity index (χ0n) is 8.82. The van der Waals surface area contributed by atoms with Crippen LogP contribution in [0.1, 0.15) is 19.8 Å². The van der Waals surface area contributed by atoms with Crippen molar-refractivity contribution in [2.75, 3.05) is 12.4 Å². The van der Waals surface area contributed by atoms with Gasteiger partial charge in [-0.05, 0) is 24.5 Å². The van der Waals surface area contributed by atoms with E-state index in [-0.39, 0.29) is 0 Å². The average molecular weight is 246 g/mol. The van der Waals surface area contributed by atoms with Gasteiger partial charge in [0.15, 0.2) is 0 Å². The Kier molecular flexibility index (Phi) is 5.88. The van der Waals surface area contributed by atoms with E-state index in [1.807, 2.05) is 0 Å². The SMILES string of the molecule is CC(CCS)CCOc1cncc(Cl)c1. The van der Waals surface area contributed by atoms with E-state index in [0.717, 1.165) is 24.3 Å². The van der Waals surface area contributed by atoms with Crippen molar-refractivity contribution in [3.63, 3.8) is 0 Å². The van der Waals surface area contributed by atoms with Gasteiger partial charge in [0.05, 0.1) is 17.8 Å². The Morgan fingerprint density at radius 3 is 2.93 bits per heavy atom. The predicted molar refractivity (Wildman–Crippen MR) is 67.0 cm³/mol. The molecule has 0 aliphatic rings. The minimum absolute atomic E-state index is 0.607. The molecule has 1 aromatic rings. The van der Waals surface area contributed by atoms with Crippen LogP contribution in [0.15, 0.2) is 18.5 Å². The lowest BCUT2D eigenvalue weighted by Crippen LogP contribution is -2.04. The maximum Gasteiger partial charge on any atom is 0.139 e. The van der Waals surface area contributed by atoms with Crippen LogP contribution in [-0.2, 0) is 0 Å². The topological polar surface area (TPSA) is 22.1 Å². The summed E-state index contributed by atoms with van der Waals surface area (Å²) in [6.45, 7) is 2.91. The molecule has 0 spiro atoms. The number of aromatic nitrogens is 1. The van der Waals surface area contributed by atoms with Crippen LogP contribution in [0.25, 0.3) is 0 Å². The van der Waals surface area contributed by atoms with Gasteiger partial charge >= 0.3 is 0 Å². The molecule has 0 N–H and O–H groups in total. The fraction of sp³-hybridized carbons (Fsp3) is 0.545. The van der Waals surface area contributed by atoms with Gasteiger partial charge in [-0.1, -0.05) is 18.5 Å². The van der Waals surface area contributed by atoms with Crippen LogP contribution < -0.4 is 4.74 Å². The van der Waals surface area contributed by atoms with Gasteiger partial charge in [-0.3, -0.25) is 4.98 Å². The summed E-state index contributed by atoms with van der Waals surface area (Å²) < 4.78 is 5.53. The van der Waals surface area contributed by atoms with E-state index >= 15 is 0 Å². The molecule has 2 nitrogen and oxygen atoms in total. The maximum atomic E-state index is 5.78. The van der Waals surface area contributed by atoms with Crippen molar-refractivity contribution in [3.8, 4) is 5.75 Å². The highest BCUT2D eigenvalue weighted by Crippen LogP contribution is 2.16. The molecular formula is C11H16ClNOS. The third kappa shape index (κ3) is 5.28. The van der Waals surface area contributed by atoms with Gasteiger partial charge in [-0.15, -0.1) is 0 Å². The van der Waals surface area contributed by atoms with E-state index in [4.69, 9.17) is 16.3 Å². The van der Waals surface area contributed by atoms with E-state index in [9.17, 15) is 0 Å². The molecule has 1 atom stereocenters. The third-order valence-electron chi connectivity index (χ3n) is 2.18. The smallest absolute Gasteiger partial charge is 0.139 e. The lowest BCUT2D eigenvalue weighted by atomic mass is 10.1. The Labute approximate surface area is 101 Å². The standard InChI is InChI=1S/C11H16ClNOS/c1-9(3-5-15)2-4-14-11-6-10(12)7-13-8-11/h6-9,15H,2-5H2,1H3. The highest BCUT2D eigenvalue weighted by molar-refractivity contribution is 7.80. The number of rotatable bonds is 6. The first-order valence-corrected chi connectivity index (χ1v) is 6.07. The van der Waals surface area contributed by atoms with Crippen LogP contribution in [0.3, 0.4) is 0 Å². The van der Waals surface area contributed by atoms with Crippen molar-refractivity contribution in [2.45, 2.75) is 19.8 Å². The molecule has 4 heteroatoms. The van der Waals surface area contributed by atoms with E-state index < -0.39 is 0 Å². The summed E-state index contributed by atoms with van der Waals surface area (Å²) in [4.78, 5) is 3.95. The fourth-order valence-electron chi connectivity index (χ4n) is 1.21. The number of halogens is 1. The van der Waals surface area contributed by atoms with Gasteiger partial charge < -0.3 is 4.74 Å². The van der Waals surface area contributed by atoms with Crippen LogP contribution in [0, 0.1) is 5.92 Å². The lowest BCUT2D eigenvalue weighted by molar-refractivity contribution is 0.281. The zero-order chi connectivity index (χ0) is 11.1. The second kappa shape index (κ2) is 6.96. The van der Waals surface area contributed by atoms with Gasteiger partial charge in [0.2, 0.25) is 0 Å². The van der Waals surface area contributed by atoms with E-state index in [2.05, 4.69) is 24.5 Å². The van der Waals surface area contributed by atoms with Crippen LogP contribution in [0.5, 0.6) is 5.75 Å². The van der Waals surface area contributed by atoms with Gasteiger partial charge in [0.25, 0.3) is 0 Å². The first-order chi connectivity index (χ1) is 7.22. The number of pyridine rings is 1. The normalized spacial score (nSPS) is 12.5. The summed E-state index contributed by atoms with van der Waals surface area (Å²) in [5.41, 5.74) is 0. The fourth-order valence-corrected chi connectivity index (χ4v) is 1.82. The molecule has 0 aliphatic carbocycles. The molecule has 1 aromatic heterocycles. The molecule has 0 saturated carbocycles. The monoisotopic (exact) mass is 245 g/mol. The summed E-state index contributed by atoms with van der Waals surface area (Å²) >= 11 is 9.98. The molecule has 1 heterocycles. The zero-order valence-corrected chi connectivity index (χ0v) is 10.5. The maximum absolute atomic E-state index is 5.78. The van der Waals surface area contributed by atoms with Crippen molar-refractivity contribution >= 4 is 24.2 Å². The molecule has 0 aromatic carbocycles. The van der Waals surface area contributed by atoms with Gasteiger partial charge in [0, 0.05) is 12.3 Å². The predicted octanol–water partition coefficient (Wildman–Crippen LogP) is 3.46. The van der Waals surface area contributed by atoms with E-state index in [0.29, 0.717) is 17.5 Å². The Morgan fingerprint density at radius 2 is 2.27 bits per heavy atom. The molecular weight excluding hydrogens is 230 g/mol. The highest BCUT2D eigenvalue weighted by atomic mass is 35.5. The van der Waals surface area contributed by atoms with Crippen molar-refractivity contribution in [1.29, 1.82) is 0 Å². The second-order valence-corrected chi connectivity index (χ2v) is 4.48. The molecule has 0 fully saturated rings. The lowest BCUT2D eigenvalue weighted by Gasteiger charge is -2.10. The second-order valence-electron chi connectivity index (χ2n) is 3.59. The van der Waals surface area contributed by atoms with Crippen molar-refractivity contribution in [2.24, 2.45) is 5.92 Å². The summed E-state index contributed by atoms with van der Waals surface area (Å²) in [6, 6.07) is 1.78. The van der Waals surface area contributed by atoms with Gasteiger partial charge in [-0.2, -0.15) is 12.6 Å². The van der Waals surface area contributed by atoms with E-state index in [1.54, 1.807) is 18.5 Å². The quantitative estimate of drug-likeness (QED) is 0.776. The highest BCUT2D eigenvalue weighted by Gasteiger charge is 2.01. The molecule has 0 aliphatic heterocycles. The Morgan fingerprint density at radius 1 is 1.47 bits per heavy atom. The Hall–Kier alpha value is -0.410. The van der Waals surface area contributed by atoms with Crippen LogP contribution in [0.2, 0.25) is 5.02 Å². The molecule has 0 saturated heterocycles. The van der Waals surface area contributed by atoms with Crippen LogP contribution >= 0.6 is 24.2 Å². The summed E-state index contributed by atoms with van der Waals surface area (Å²) in [6.07, 6.45) is 5.43. The van der Waals surface area contributed by atoms with Crippen LogP contribution in [-0.4, -0.2) is 17.3 Å². The minimum atomic E-state index is 0.607. The minimum Gasteiger partial charge on any atom is -0.492 e. The van der Waals surface area contributed by atoms with Crippen LogP contribution in [0.4, 0.5) is 0 Å². The summed E-state index contributed by atoms with van der Waals surface area (Å²) in [5, 5.41) is 0.607. The number of hydrogen-bond donors (Lipinski definition) is 1. The van der Waals surface area contributed by atoms with Crippen molar-refractivity contribution < 1.29 is 4.74 Å². The Bertz CT molecular complexity index is 296. The first-order valence-electron chi connectivity index (χ1n) is 5.06. The average Bonchev–Trinajstić information content (AvgIpc) is 2.18. The Balaban J connectivity index is 2.25. The first kappa shape index (κ1) is 12.7. The third-order valence-corrected chi connectivity index (χ3v) is 2.65. The van der Waals surface area contributed by atoms with Crippen molar-refractivity contribution in [1.82, 2.24) is 4.98 Å². The number of thiol groups is 1. The number of hydrogen-bond acceptors (Lipinski definition) is 3. The molecule has 84 valence electrons. The molecule has 0 radical (unpaired) electrons. The summed E-state index contributed by atoms with van der Waals surface area (Å²) in [5.74, 6) is 2.31. The molecule has 1 unspecified atom stereocenters. The van der Waals surface area contributed by atoms with Gasteiger partial charge in [0.1, 0.15) is 5.75 Å². The molecule has 0 bridgehead atoms. The van der Waals surface area contributed by atoms with Crippen molar-refractivity contribution in [3.05, 3.63) is 23.5 Å². The largest absolute Gasteiger partial charge is 0.492 e. The molecule has 15 heavy (non-hydrogen) atoms. The van der Waals surface area contributed by atoms with E-state index in [1.165, 1.54) is 0 Å². The molecule has 0 amide bonds. The number of ether oxygens (including phenoxy) is 1.